The van der Waals surface area contributed by atoms with E-state index in [-0.39, 0.29) is 11.9 Å². The number of hydrogen-bond acceptors (Lipinski definition) is 7. The first-order valence-corrected chi connectivity index (χ1v) is 8.55. The summed E-state index contributed by atoms with van der Waals surface area (Å²) in [6, 6.07) is 3.30. The Morgan fingerprint density at radius 1 is 1.46 bits per heavy atom. The minimum absolute atomic E-state index is 0.0872. The third kappa shape index (κ3) is 4.33. The highest BCUT2D eigenvalue weighted by Gasteiger charge is 2.31. The molecule has 0 aromatic carbocycles. The van der Waals surface area contributed by atoms with Gasteiger partial charge in [0.25, 0.3) is 5.91 Å². The molecule has 0 saturated carbocycles. The van der Waals surface area contributed by atoms with Gasteiger partial charge >= 0.3 is 0 Å². The van der Waals surface area contributed by atoms with Crippen LogP contribution in [0.3, 0.4) is 0 Å². The third-order valence-electron chi connectivity index (χ3n) is 4.10. The predicted molar refractivity (Wildman–Crippen MR) is 96.0 cm³/mol. The maximum absolute atomic E-state index is 13.0. The number of amides is 1. The Labute approximate surface area is 152 Å². The summed E-state index contributed by atoms with van der Waals surface area (Å²) < 4.78 is 10.6. The maximum atomic E-state index is 13.0. The van der Waals surface area contributed by atoms with Crippen LogP contribution in [-0.4, -0.2) is 65.8 Å². The van der Waals surface area contributed by atoms with Crippen molar-refractivity contribution in [1.82, 2.24) is 19.9 Å². The predicted octanol–water partition coefficient (Wildman–Crippen LogP) is 1.45. The molecule has 0 spiro atoms. The van der Waals surface area contributed by atoms with Gasteiger partial charge in [0, 0.05) is 38.8 Å². The van der Waals surface area contributed by atoms with E-state index >= 15 is 0 Å². The van der Waals surface area contributed by atoms with E-state index < -0.39 is 0 Å². The molecule has 3 heterocycles. The molecule has 1 amide bonds. The molecule has 8 heteroatoms. The first kappa shape index (κ1) is 18.2. The summed E-state index contributed by atoms with van der Waals surface area (Å²) in [5, 5.41) is 3.18. The van der Waals surface area contributed by atoms with E-state index in [1.165, 1.54) is 0 Å². The molecule has 8 nitrogen and oxygen atoms in total. The van der Waals surface area contributed by atoms with Crippen LogP contribution in [0.25, 0.3) is 0 Å². The molecule has 138 valence electrons. The van der Waals surface area contributed by atoms with Crippen LogP contribution in [-0.2, 0) is 9.47 Å². The smallest absolute Gasteiger partial charge is 0.256 e. The van der Waals surface area contributed by atoms with Gasteiger partial charge in [-0.05, 0) is 24.6 Å². The number of pyridine rings is 1. The highest BCUT2D eigenvalue weighted by atomic mass is 16.5. The first-order valence-electron chi connectivity index (χ1n) is 8.55. The first-order chi connectivity index (χ1) is 12.7. The average Bonchev–Trinajstić information content (AvgIpc) is 2.68. The second-order valence-electron chi connectivity index (χ2n) is 6.06. The van der Waals surface area contributed by atoms with Crippen molar-refractivity contribution in [2.75, 3.05) is 45.3 Å². The standard InChI is InChI=1S/C18H23N5O3/c1-13-9-14(11-19-10-13)18(24)23-6-8-26-12-15(23)17-21-4-3-16(22-17)20-5-7-25-2/h3-4,9-11,15H,5-8,12H2,1-2H3,(H,20,21,22)/t15-/m0/s1. The second-order valence-corrected chi connectivity index (χ2v) is 6.06. The normalized spacial score (nSPS) is 17.2. The van der Waals surface area contributed by atoms with E-state index in [1.54, 1.807) is 36.7 Å². The van der Waals surface area contributed by atoms with Crippen molar-refractivity contribution < 1.29 is 14.3 Å². The molecular formula is C18H23N5O3. The molecule has 0 unspecified atom stereocenters. The Kier molecular flexibility index (Phi) is 6.08. The van der Waals surface area contributed by atoms with Crippen LogP contribution in [0, 0.1) is 6.92 Å². The highest BCUT2D eigenvalue weighted by molar-refractivity contribution is 5.94. The molecule has 3 rings (SSSR count). The van der Waals surface area contributed by atoms with Crippen molar-refractivity contribution in [2.45, 2.75) is 13.0 Å². The number of aromatic nitrogens is 3. The lowest BCUT2D eigenvalue weighted by atomic mass is 10.1. The number of methoxy groups -OCH3 is 1. The van der Waals surface area contributed by atoms with Crippen LogP contribution in [0.15, 0.2) is 30.7 Å². The van der Waals surface area contributed by atoms with Crippen LogP contribution in [0.4, 0.5) is 5.82 Å². The van der Waals surface area contributed by atoms with Crippen LogP contribution in [0.2, 0.25) is 0 Å². The minimum atomic E-state index is -0.332. The average molecular weight is 357 g/mol. The van der Waals surface area contributed by atoms with Crippen LogP contribution in [0.5, 0.6) is 0 Å². The van der Waals surface area contributed by atoms with E-state index in [4.69, 9.17) is 9.47 Å². The van der Waals surface area contributed by atoms with Gasteiger partial charge in [-0.3, -0.25) is 9.78 Å². The fourth-order valence-corrected chi connectivity index (χ4v) is 2.81. The lowest BCUT2D eigenvalue weighted by Crippen LogP contribution is -2.44. The fraction of sp³-hybridized carbons (Fsp3) is 0.444. The van der Waals surface area contributed by atoms with Crippen LogP contribution >= 0.6 is 0 Å². The topological polar surface area (TPSA) is 89.5 Å². The Balaban J connectivity index is 1.80. The molecule has 1 atom stereocenters. The number of morpholine rings is 1. The lowest BCUT2D eigenvalue weighted by Gasteiger charge is -2.34. The quantitative estimate of drug-likeness (QED) is 0.783. The van der Waals surface area contributed by atoms with Crippen molar-refractivity contribution in [1.29, 1.82) is 0 Å². The van der Waals surface area contributed by atoms with Crippen molar-refractivity contribution >= 4 is 11.7 Å². The molecule has 1 aliphatic heterocycles. The van der Waals surface area contributed by atoms with Crippen LogP contribution in [0.1, 0.15) is 27.8 Å². The number of nitrogens with zero attached hydrogens (tertiary/aromatic N) is 4. The summed E-state index contributed by atoms with van der Waals surface area (Å²) in [4.78, 5) is 27.8. The molecule has 2 aromatic rings. The van der Waals surface area contributed by atoms with Gasteiger partial charge in [-0.15, -0.1) is 0 Å². The van der Waals surface area contributed by atoms with Crippen molar-refractivity contribution in [3.63, 3.8) is 0 Å². The summed E-state index contributed by atoms with van der Waals surface area (Å²) in [5.74, 6) is 1.17. The monoisotopic (exact) mass is 357 g/mol. The molecule has 1 fully saturated rings. The Bertz CT molecular complexity index is 755. The third-order valence-corrected chi connectivity index (χ3v) is 4.10. The Morgan fingerprint density at radius 3 is 3.15 bits per heavy atom. The summed E-state index contributed by atoms with van der Waals surface area (Å²) in [7, 11) is 1.65. The lowest BCUT2D eigenvalue weighted by molar-refractivity contribution is -0.00521. The molecule has 1 N–H and O–H groups in total. The number of hydrogen-bond donors (Lipinski definition) is 1. The van der Waals surface area contributed by atoms with Crippen molar-refractivity contribution in [2.24, 2.45) is 0 Å². The van der Waals surface area contributed by atoms with Gasteiger partial charge in [0.05, 0.1) is 25.4 Å². The van der Waals surface area contributed by atoms with E-state index in [0.29, 0.717) is 50.1 Å². The molecule has 1 saturated heterocycles. The van der Waals surface area contributed by atoms with Gasteiger partial charge in [-0.25, -0.2) is 9.97 Å². The summed E-state index contributed by atoms with van der Waals surface area (Å²) in [5.41, 5.74) is 1.51. The molecule has 1 aliphatic rings. The van der Waals surface area contributed by atoms with Crippen molar-refractivity contribution in [3.8, 4) is 0 Å². The van der Waals surface area contributed by atoms with Gasteiger partial charge in [-0.2, -0.15) is 0 Å². The number of nitrogens with one attached hydrogen (secondary N) is 1. The highest BCUT2D eigenvalue weighted by Crippen LogP contribution is 2.24. The molecule has 2 aromatic heterocycles. The Hall–Kier alpha value is -2.58. The van der Waals surface area contributed by atoms with Gasteiger partial charge in [0.2, 0.25) is 0 Å². The largest absolute Gasteiger partial charge is 0.383 e. The molecule has 0 aliphatic carbocycles. The zero-order chi connectivity index (χ0) is 18.4. The number of carbonyl (C=O) groups is 1. The minimum Gasteiger partial charge on any atom is -0.383 e. The number of ether oxygens (including phenoxy) is 2. The SMILES string of the molecule is COCCNc1ccnc([C@@H]2COCCN2C(=O)c2cncc(C)c2)n1. The number of carbonyl (C=O) groups excluding carboxylic acids is 1. The molecular weight excluding hydrogens is 334 g/mol. The van der Waals surface area contributed by atoms with E-state index in [0.717, 1.165) is 5.56 Å². The molecule has 0 bridgehead atoms. The van der Waals surface area contributed by atoms with Crippen molar-refractivity contribution in [3.05, 3.63) is 47.7 Å². The van der Waals surface area contributed by atoms with Gasteiger partial charge in [0.15, 0.2) is 5.82 Å². The van der Waals surface area contributed by atoms with Gasteiger partial charge in [0.1, 0.15) is 11.9 Å². The van der Waals surface area contributed by atoms with Gasteiger partial charge < -0.3 is 19.7 Å². The summed E-state index contributed by atoms with van der Waals surface area (Å²) in [6.07, 6.45) is 5.00. The number of rotatable bonds is 6. The van der Waals surface area contributed by atoms with Crippen LogP contribution < -0.4 is 5.32 Å². The molecule has 0 radical (unpaired) electrons. The zero-order valence-corrected chi connectivity index (χ0v) is 15.0. The van der Waals surface area contributed by atoms with E-state index in [9.17, 15) is 4.79 Å². The van der Waals surface area contributed by atoms with Gasteiger partial charge in [-0.1, -0.05) is 0 Å². The Morgan fingerprint density at radius 2 is 2.35 bits per heavy atom. The number of anilines is 1. The van der Waals surface area contributed by atoms with E-state index in [1.807, 2.05) is 13.0 Å². The fourth-order valence-electron chi connectivity index (χ4n) is 2.81. The maximum Gasteiger partial charge on any atom is 0.256 e. The number of aryl methyl sites for hydroxylation is 1. The summed E-state index contributed by atoms with van der Waals surface area (Å²) >= 11 is 0. The van der Waals surface area contributed by atoms with E-state index in [2.05, 4.69) is 20.3 Å². The zero-order valence-electron chi connectivity index (χ0n) is 15.0. The second kappa shape index (κ2) is 8.68. The summed E-state index contributed by atoms with van der Waals surface area (Å²) in [6.45, 7) is 4.49. The molecule has 26 heavy (non-hydrogen) atoms.